The number of likely N-dealkylation sites (tertiary alicyclic amines) is 1. The summed E-state index contributed by atoms with van der Waals surface area (Å²) in [6, 6.07) is 0.290. The first-order valence-electron chi connectivity index (χ1n) is 6.68. The molecule has 0 bridgehead atoms. The van der Waals surface area contributed by atoms with E-state index in [2.05, 4.69) is 9.97 Å². The summed E-state index contributed by atoms with van der Waals surface area (Å²) in [5, 5.41) is 0.467. The summed E-state index contributed by atoms with van der Waals surface area (Å²) in [6.45, 7) is 3.82. The van der Waals surface area contributed by atoms with E-state index in [0.717, 1.165) is 19.4 Å². The minimum Gasteiger partial charge on any atom is -0.458 e. The first kappa shape index (κ1) is 15.0. The number of carbonyl (C=O) groups excluding carboxylic acids is 1. The van der Waals surface area contributed by atoms with Crippen LogP contribution in [-0.4, -0.2) is 53.2 Å². The SMILES string of the molecule is CCOCC(=O)N1CCC[C@H](Oc2ncc(Cl)cn2)C1. The highest BCUT2D eigenvalue weighted by atomic mass is 35.5. The zero-order valence-electron chi connectivity index (χ0n) is 11.4. The van der Waals surface area contributed by atoms with Gasteiger partial charge in [-0.3, -0.25) is 4.79 Å². The van der Waals surface area contributed by atoms with Crippen LogP contribution < -0.4 is 4.74 Å². The van der Waals surface area contributed by atoms with Crippen molar-refractivity contribution in [2.24, 2.45) is 0 Å². The fourth-order valence-electron chi connectivity index (χ4n) is 2.05. The summed E-state index contributed by atoms with van der Waals surface area (Å²) in [4.78, 5) is 21.7. The van der Waals surface area contributed by atoms with E-state index in [0.29, 0.717) is 24.2 Å². The van der Waals surface area contributed by atoms with E-state index in [-0.39, 0.29) is 18.6 Å². The number of hydrogen-bond donors (Lipinski definition) is 0. The largest absolute Gasteiger partial charge is 0.458 e. The van der Waals surface area contributed by atoms with E-state index in [9.17, 15) is 4.79 Å². The lowest BCUT2D eigenvalue weighted by Crippen LogP contribution is -2.45. The lowest BCUT2D eigenvalue weighted by molar-refractivity contribution is -0.138. The van der Waals surface area contributed by atoms with Crippen LogP contribution in [-0.2, 0) is 9.53 Å². The van der Waals surface area contributed by atoms with Crippen molar-refractivity contribution < 1.29 is 14.3 Å². The zero-order valence-corrected chi connectivity index (χ0v) is 12.2. The lowest BCUT2D eigenvalue weighted by Gasteiger charge is -2.32. The topological polar surface area (TPSA) is 64.5 Å². The fraction of sp³-hybridized carbons (Fsp3) is 0.615. The van der Waals surface area contributed by atoms with E-state index in [4.69, 9.17) is 21.1 Å². The van der Waals surface area contributed by atoms with Crippen molar-refractivity contribution in [3.05, 3.63) is 17.4 Å². The highest BCUT2D eigenvalue weighted by Gasteiger charge is 2.25. The van der Waals surface area contributed by atoms with Crippen LogP contribution >= 0.6 is 11.6 Å². The van der Waals surface area contributed by atoms with Crippen molar-refractivity contribution in [3.63, 3.8) is 0 Å². The number of nitrogens with zero attached hydrogens (tertiary/aromatic N) is 3. The van der Waals surface area contributed by atoms with Gasteiger partial charge in [0.25, 0.3) is 0 Å². The van der Waals surface area contributed by atoms with Gasteiger partial charge in [0.2, 0.25) is 5.91 Å². The van der Waals surface area contributed by atoms with Gasteiger partial charge in [-0.25, -0.2) is 9.97 Å². The maximum Gasteiger partial charge on any atom is 0.316 e. The fourth-order valence-corrected chi connectivity index (χ4v) is 2.15. The highest BCUT2D eigenvalue weighted by Crippen LogP contribution is 2.16. The Labute approximate surface area is 123 Å². The second-order valence-corrected chi connectivity index (χ2v) is 4.98. The molecule has 1 aromatic heterocycles. The molecule has 0 spiro atoms. The van der Waals surface area contributed by atoms with E-state index in [1.165, 1.54) is 12.4 Å². The number of aromatic nitrogens is 2. The number of rotatable bonds is 5. The van der Waals surface area contributed by atoms with Gasteiger partial charge < -0.3 is 14.4 Å². The molecule has 6 nitrogen and oxygen atoms in total. The predicted molar refractivity (Wildman–Crippen MR) is 73.8 cm³/mol. The van der Waals surface area contributed by atoms with Crippen molar-refractivity contribution in [1.29, 1.82) is 0 Å². The molecular formula is C13H18ClN3O3. The minimum absolute atomic E-state index is 0.00262. The molecule has 1 amide bonds. The summed E-state index contributed by atoms with van der Waals surface area (Å²) >= 11 is 5.72. The molecule has 0 aliphatic carbocycles. The molecule has 1 saturated heterocycles. The molecule has 1 aromatic rings. The Morgan fingerprint density at radius 2 is 2.25 bits per heavy atom. The molecule has 0 radical (unpaired) electrons. The number of hydrogen-bond acceptors (Lipinski definition) is 5. The van der Waals surface area contributed by atoms with Crippen LogP contribution in [0.3, 0.4) is 0 Å². The Balaban J connectivity index is 1.86. The first-order valence-corrected chi connectivity index (χ1v) is 7.06. The first-order chi connectivity index (χ1) is 9.69. The lowest BCUT2D eigenvalue weighted by atomic mass is 10.1. The van der Waals surface area contributed by atoms with E-state index >= 15 is 0 Å². The normalized spacial score (nSPS) is 18.9. The quantitative estimate of drug-likeness (QED) is 0.825. The zero-order chi connectivity index (χ0) is 14.4. The number of carbonyl (C=O) groups is 1. The van der Waals surface area contributed by atoms with Gasteiger partial charge in [-0.15, -0.1) is 0 Å². The highest BCUT2D eigenvalue weighted by molar-refractivity contribution is 6.30. The second kappa shape index (κ2) is 7.40. The average molecular weight is 300 g/mol. The van der Waals surface area contributed by atoms with E-state index < -0.39 is 0 Å². The maximum atomic E-state index is 11.9. The molecule has 1 atom stereocenters. The molecule has 1 aliphatic rings. The summed E-state index contributed by atoms with van der Waals surface area (Å²) in [7, 11) is 0. The smallest absolute Gasteiger partial charge is 0.316 e. The Bertz CT molecular complexity index is 441. The molecule has 0 unspecified atom stereocenters. The van der Waals surface area contributed by atoms with Gasteiger partial charge >= 0.3 is 6.01 Å². The number of piperidine rings is 1. The molecule has 110 valence electrons. The Hall–Kier alpha value is -1.40. The summed E-state index contributed by atoms with van der Waals surface area (Å²) < 4.78 is 10.8. The van der Waals surface area contributed by atoms with Gasteiger partial charge in [-0.1, -0.05) is 11.6 Å². The maximum absolute atomic E-state index is 11.9. The van der Waals surface area contributed by atoms with Crippen molar-refractivity contribution in [3.8, 4) is 6.01 Å². The van der Waals surface area contributed by atoms with Crippen LogP contribution in [0.4, 0.5) is 0 Å². The number of ether oxygens (including phenoxy) is 2. The third-order valence-corrected chi connectivity index (χ3v) is 3.22. The standard InChI is InChI=1S/C13H18ClN3O3/c1-2-19-9-12(18)17-5-3-4-11(8-17)20-13-15-6-10(14)7-16-13/h6-7,11H,2-5,8-9H2,1H3/t11-/m0/s1. The van der Waals surface area contributed by atoms with Gasteiger partial charge in [0, 0.05) is 13.2 Å². The number of halogens is 1. The van der Waals surface area contributed by atoms with Crippen molar-refractivity contribution in [2.45, 2.75) is 25.9 Å². The molecule has 0 N–H and O–H groups in total. The molecule has 1 fully saturated rings. The van der Waals surface area contributed by atoms with Crippen LogP contribution in [0, 0.1) is 0 Å². The second-order valence-electron chi connectivity index (χ2n) is 4.54. The summed E-state index contributed by atoms with van der Waals surface area (Å²) in [5.41, 5.74) is 0. The molecule has 7 heteroatoms. The van der Waals surface area contributed by atoms with Crippen LogP contribution in [0.2, 0.25) is 5.02 Å². The van der Waals surface area contributed by atoms with Gasteiger partial charge in [-0.2, -0.15) is 0 Å². The molecule has 1 aliphatic heterocycles. The van der Waals surface area contributed by atoms with E-state index in [1.807, 2.05) is 6.92 Å². The number of amides is 1. The molecule has 0 saturated carbocycles. The molecule has 2 rings (SSSR count). The van der Waals surface area contributed by atoms with Gasteiger partial charge in [0.15, 0.2) is 0 Å². The monoisotopic (exact) mass is 299 g/mol. The van der Waals surface area contributed by atoms with Gasteiger partial charge in [-0.05, 0) is 19.8 Å². The molecule has 0 aromatic carbocycles. The van der Waals surface area contributed by atoms with Gasteiger partial charge in [0.1, 0.15) is 12.7 Å². The third-order valence-electron chi connectivity index (χ3n) is 3.03. The molecule has 20 heavy (non-hydrogen) atoms. The molecule has 2 heterocycles. The van der Waals surface area contributed by atoms with Crippen LogP contribution in [0.25, 0.3) is 0 Å². The Morgan fingerprint density at radius 3 is 2.95 bits per heavy atom. The summed E-state index contributed by atoms with van der Waals surface area (Å²) in [6.07, 6.45) is 4.67. The Kier molecular flexibility index (Phi) is 5.55. The summed E-state index contributed by atoms with van der Waals surface area (Å²) in [5.74, 6) is -0.00262. The van der Waals surface area contributed by atoms with E-state index in [1.54, 1.807) is 4.90 Å². The Morgan fingerprint density at radius 1 is 1.50 bits per heavy atom. The molecular weight excluding hydrogens is 282 g/mol. The minimum atomic E-state index is -0.0875. The van der Waals surface area contributed by atoms with Crippen molar-refractivity contribution in [2.75, 3.05) is 26.3 Å². The predicted octanol–water partition coefficient (Wildman–Crippen LogP) is 1.54. The van der Waals surface area contributed by atoms with Gasteiger partial charge in [0.05, 0.1) is 24.0 Å². The van der Waals surface area contributed by atoms with Crippen LogP contribution in [0.1, 0.15) is 19.8 Å². The van der Waals surface area contributed by atoms with Crippen molar-refractivity contribution in [1.82, 2.24) is 14.9 Å². The van der Waals surface area contributed by atoms with Crippen molar-refractivity contribution >= 4 is 17.5 Å². The average Bonchev–Trinajstić information content (AvgIpc) is 2.47. The van der Waals surface area contributed by atoms with Crippen LogP contribution in [0.15, 0.2) is 12.4 Å². The van der Waals surface area contributed by atoms with Crippen LogP contribution in [0.5, 0.6) is 6.01 Å². The third kappa shape index (κ3) is 4.31.